The van der Waals surface area contributed by atoms with Crippen LogP contribution in [0.2, 0.25) is 5.02 Å². The summed E-state index contributed by atoms with van der Waals surface area (Å²) in [4.78, 5) is 2.91. The van der Waals surface area contributed by atoms with Crippen molar-refractivity contribution in [2.45, 2.75) is 26.4 Å². The zero-order valence-electron chi connectivity index (χ0n) is 11.9. The number of halogens is 1. The molecule has 0 saturated heterocycles. The maximum absolute atomic E-state index is 6.31. The Kier molecular flexibility index (Phi) is 3.29. The Hall–Kier alpha value is -1.29. The monoisotopic (exact) mass is 316 g/mol. The van der Waals surface area contributed by atoms with Crippen molar-refractivity contribution in [2.24, 2.45) is 0 Å². The fraction of sp³-hybridized carbons (Fsp3) is 0.294. The Morgan fingerprint density at radius 1 is 1.29 bits per heavy atom. The third-order valence-electron chi connectivity index (χ3n) is 4.24. The lowest BCUT2D eigenvalue weighted by Crippen LogP contribution is -2.21. The fourth-order valence-electron chi connectivity index (χ4n) is 3.07. The van der Waals surface area contributed by atoms with Crippen LogP contribution in [0, 0.1) is 6.92 Å². The Morgan fingerprint density at radius 3 is 3.05 bits per heavy atom. The summed E-state index contributed by atoms with van der Waals surface area (Å²) < 4.78 is 2.26. The highest BCUT2D eigenvalue weighted by Crippen LogP contribution is 2.33. The molecule has 0 aromatic carbocycles. The first-order valence-corrected chi connectivity index (χ1v) is 8.48. The first kappa shape index (κ1) is 13.4. The number of fused-ring (bicyclic) bond motifs is 2. The molecule has 0 bridgehead atoms. The molecule has 2 aliphatic rings. The summed E-state index contributed by atoms with van der Waals surface area (Å²) in [5.41, 5.74) is 5.11. The first-order valence-electron chi connectivity index (χ1n) is 7.29. The Labute approximate surface area is 133 Å². The molecule has 4 heteroatoms. The number of thiophene rings is 1. The zero-order chi connectivity index (χ0) is 14.4. The second-order valence-corrected chi connectivity index (χ2v) is 7.15. The summed E-state index contributed by atoms with van der Waals surface area (Å²) in [5.74, 6) is 0. The van der Waals surface area contributed by atoms with Gasteiger partial charge in [-0.05, 0) is 42.7 Å². The van der Waals surface area contributed by atoms with E-state index in [4.69, 9.17) is 11.6 Å². The number of allylic oxidation sites excluding steroid dienone is 3. The number of hydrogen-bond donors (Lipinski definition) is 1. The minimum Gasteiger partial charge on any atom is -0.340 e. The van der Waals surface area contributed by atoms with E-state index in [1.54, 1.807) is 0 Å². The molecule has 0 spiro atoms. The number of nitrogens with one attached hydrogen (secondary N) is 1. The van der Waals surface area contributed by atoms with Gasteiger partial charge in [-0.2, -0.15) is 0 Å². The Morgan fingerprint density at radius 2 is 2.19 bits per heavy atom. The molecule has 2 aromatic rings. The van der Waals surface area contributed by atoms with E-state index in [-0.39, 0.29) is 0 Å². The van der Waals surface area contributed by atoms with Crippen molar-refractivity contribution in [3.63, 3.8) is 0 Å². The summed E-state index contributed by atoms with van der Waals surface area (Å²) in [6, 6.07) is 4.38. The van der Waals surface area contributed by atoms with E-state index in [1.165, 1.54) is 26.6 Å². The molecule has 4 heterocycles. The largest absolute Gasteiger partial charge is 0.340 e. The van der Waals surface area contributed by atoms with Crippen molar-refractivity contribution < 1.29 is 0 Å². The van der Waals surface area contributed by atoms with E-state index in [9.17, 15) is 0 Å². The molecule has 0 saturated carbocycles. The van der Waals surface area contributed by atoms with Crippen LogP contribution in [-0.2, 0) is 19.5 Å². The lowest BCUT2D eigenvalue weighted by Gasteiger charge is -2.10. The molecule has 21 heavy (non-hydrogen) atoms. The van der Waals surface area contributed by atoms with Gasteiger partial charge in [0.05, 0.1) is 10.7 Å². The summed E-state index contributed by atoms with van der Waals surface area (Å²) in [7, 11) is 0. The summed E-state index contributed by atoms with van der Waals surface area (Å²) in [6.45, 7) is 5.10. The lowest BCUT2D eigenvalue weighted by molar-refractivity contribution is 0.653. The van der Waals surface area contributed by atoms with Crippen LogP contribution in [0.1, 0.15) is 26.7 Å². The third-order valence-corrected chi connectivity index (χ3v) is 5.83. The highest BCUT2D eigenvalue weighted by molar-refractivity contribution is 7.13. The van der Waals surface area contributed by atoms with Crippen LogP contribution in [0.4, 0.5) is 0 Å². The van der Waals surface area contributed by atoms with Crippen molar-refractivity contribution in [2.75, 3.05) is 6.54 Å². The molecule has 108 valence electrons. The molecular weight excluding hydrogens is 300 g/mol. The molecule has 1 N–H and O–H groups in total. The molecule has 0 amide bonds. The summed E-state index contributed by atoms with van der Waals surface area (Å²) >= 11 is 8.25. The van der Waals surface area contributed by atoms with E-state index < -0.39 is 0 Å². The normalized spacial score (nSPS) is 17.1. The highest BCUT2D eigenvalue weighted by Gasteiger charge is 2.16. The van der Waals surface area contributed by atoms with Gasteiger partial charge in [0, 0.05) is 35.1 Å². The van der Waals surface area contributed by atoms with E-state index in [0.29, 0.717) is 0 Å². The molecule has 0 radical (unpaired) electrons. The second-order valence-electron chi connectivity index (χ2n) is 5.61. The van der Waals surface area contributed by atoms with Gasteiger partial charge in [-0.25, -0.2) is 0 Å². The van der Waals surface area contributed by atoms with Crippen molar-refractivity contribution >= 4 is 34.6 Å². The number of nitrogens with zero attached hydrogens (tertiary/aromatic N) is 1. The molecule has 2 nitrogen and oxygen atoms in total. The maximum Gasteiger partial charge on any atom is 0.0660 e. The van der Waals surface area contributed by atoms with Crippen LogP contribution in [-0.4, -0.2) is 11.1 Å². The van der Waals surface area contributed by atoms with Gasteiger partial charge in [0.2, 0.25) is 0 Å². The Balaban J connectivity index is 1.71. The standard InChI is InChI=1S/C17H17ClN2S/c1-11-8-14(18)15-3-2-12(5-7-20(11)15)17-9-13-10-19-6-4-16(13)21-17/h2-3,5,8-9,19H,4,6-7,10H2,1H3. The molecule has 0 unspecified atom stereocenters. The van der Waals surface area contributed by atoms with Crippen LogP contribution in [0.5, 0.6) is 0 Å². The molecule has 0 atom stereocenters. The molecule has 0 fully saturated rings. The van der Waals surface area contributed by atoms with Crippen LogP contribution in [0.3, 0.4) is 0 Å². The fourth-order valence-corrected chi connectivity index (χ4v) is 4.60. The molecule has 0 aliphatic carbocycles. The Bertz CT molecular complexity index is 741. The zero-order valence-corrected chi connectivity index (χ0v) is 13.5. The predicted octanol–water partition coefficient (Wildman–Crippen LogP) is 4.27. The topological polar surface area (TPSA) is 17.0 Å². The molecule has 2 aromatic heterocycles. The average molecular weight is 317 g/mol. The van der Waals surface area contributed by atoms with Gasteiger partial charge >= 0.3 is 0 Å². The molecule has 4 rings (SSSR count). The summed E-state index contributed by atoms with van der Waals surface area (Å²) in [6.07, 6.45) is 7.81. The van der Waals surface area contributed by atoms with Gasteiger partial charge in [-0.15, -0.1) is 11.3 Å². The van der Waals surface area contributed by atoms with Gasteiger partial charge < -0.3 is 9.88 Å². The number of rotatable bonds is 1. The van der Waals surface area contributed by atoms with Crippen LogP contribution in [0.15, 0.2) is 24.3 Å². The van der Waals surface area contributed by atoms with E-state index in [2.05, 4.69) is 41.1 Å². The molecule has 2 aliphatic heterocycles. The van der Waals surface area contributed by atoms with Gasteiger partial charge in [-0.1, -0.05) is 23.8 Å². The van der Waals surface area contributed by atoms with Gasteiger partial charge in [-0.3, -0.25) is 0 Å². The van der Waals surface area contributed by atoms with Gasteiger partial charge in [0.15, 0.2) is 0 Å². The van der Waals surface area contributed by atoms with Crippen LogP contribution >= 0.6 is 22.9 Å². The van der Waals surface area contributed by atoms with Gasteiger partial charge in [0.1, 0.15) is 0 Å². The van der Waals surface area contributed by atoms with Crippen LogP contribution < -0.4 is 5.32 Å². The SMILES string of the molecule is Cc1cc(Cl)c2n1CC=C(c1cc3c(s1)CCNC3)C=C2. The smallest absolute Gasteiger partial charge is 0.0660 e. The van der Waals surface area contributed by atoms with Crippen molar-refractivity contribution in [1.82, 2.24) is 9.88 Å². The molecular formula is C17H17ClN2S. The minimum atomic E-state index is 0.841. The van der Waals surface area contributed by atoms with E-state index in [1.807, 2.05) is 17.4 Å². The maximum atomic E-state index is 6.31. The third kappa shape index (κ3) is 2.30. The van der Waals surface area contributed by atoms with Crippen molar-refractivity contribution in [3.8, 4) is 0 Å². The number of hydrogen-bond acceptors (Lipinski definition) is 2. The number of aryl methyl sites for hydroxylation is 1. The van der Waals surface area contributed by atoms with Crippen molar-refractivity contribution in [3.05, 3.63) is 56.0 Å². The first-order chi connectivity index (χ1) is 10.2. The quantitative estimate of drug-likeness (QED) is 0.831. The predicted molar refractivity (Wildman–Crippen MR) is 90.9 cm³/mol. The van der Waals surface area contributed by atoms with E-state index in [0.717, 1.165) is 36.8 Å². The van der Waals surface area contributed by atoms with Crippen molar-refractivity contribution in [1.29, 1.82) is 0 Å². The summed E-state index contributed by atoms with van der Waals surface area (Å²) in [5, 5.41) is 4.28. The van der Waals surface area contributed by atoms with Gasteiger partial charge in [0.25, 0.3) is 0 Å². The average Bonchev–Trinajstić information content (AvgIpc) is 2.92. The second kappa shape index (κ2) is 5.16. The lowest BCUT2D eigenvalue weighted by atomic mass is 10.1. The van der Waals surface area contributed by atoms with E-state index >= 15 is 0 Å². The minimum absolute atomic E-state index is 0.841. The highest BCUT2D eigenvalue weighted by atomic mass is 35.5. The number of aromatic nitrogens is 1. The van der Waals surface area contributed by atoms with Crippen LogP contribution in [0.25, 0.3) is 11.6 Å².